The molecule has 0 aliphatic heterocycles. The maximum atomic E-state index is 11.1. The molecule has 0 aliphatic rings. The minimum atomic E-state index is -0.278. The quantitative estimate of drug-likeness (QED) is 0.730. The molecule has 1 atom stereocenters. The van der Waals surface area contributed by atoms with Crippen LogP contribution in [0.2, 0.25) is 0 Å². The van der Waals surface area contributed by atoms with Crippen LogP contribution in [0.5, 0.6) is 0 Å². The monoisotopic (exact) mass is 231 g/mol. The molecule has 66 valence electrons. The van der Waals surface area contributed by atoms with E-state index in [1.165, 1.54) is 7.11 Å². The molecule has 0 N–H and O–H groups in total. The van der Waals surface area contributed by atoms with Gasteiger partial charge in [0.25, 0.3) is 0 Å². The fourth-order valence-corrected chi connectivity index (χ4v) is 1.55. The van der Waals surface area contributed by atoms with Gasteiger partial charge in [0.15, 0.2) is 0 Å². The Morgan fingerprint density at radius 2 is 2.42 bits per heavy atom. The topological polar surface area (TPSA) is 31.2 Å². The highest BCUT2D eigenvalue weighted by Crippen LogP contribution is 2.17. The van der Waals surface area contributed by atoms with Crippen molar-refractivity contribution in [3.8, 4) is 0 Å². The van der Waals surface area contributed by atoms with E-state index in [9.17, 15) is 4.79 Å². The predicted octanol–water partition coefficient (Wildman–Crippen LogP) is 1.98. The van der Waals surface area contributed by atoms with Crippen LogP contribution in [-0.4, -0.2) is 17.6 Å². The summed E-state index contributed by atoms with van der Waals surface area (Å²) in [7, 11) is 1.39. The maximum Gasteiger partial charge on any atom is 0.328 e. The van der Waals surface area contributed by atoms with Gasteiger partial charge in [-0.05, 0) is 35.0 Å². The molecule has 0 unspecified atom stereocenters. The molecule has 4 heteroatoms. The van der Waals surface area contributed by atoms with E-state index in [4.69, 9.17) is 0 Å². The SMILES string of the molecule is COC(=O)[C@@H](C)n1cccc1Br. The van der Waals surface area contributed by atoms with Crippen molar-refractivity contribution in [3.05, 3.63) is 22.9 Å². The van der Waals surface area contributed by atoms with Crippen molar-refractivity contribution >= 4 is 21.9 Å². The number of rotatable bonds is 2. The highest BCUT2D eigenvalue weighted by Gasteiger charge is 2.15. The molecule has 0 saturated heterocycles. The molecular weight excluding hydrogens is 222 g/mol. The number of hydrogen-bond acceptors (Lipinski definition) is 2. The third kappa shape index (κ3) is 1.69. The lowest BCUT2D eigenvalue weighted by Crippen LogP contribution is -2.16. The zero-order valence-corrected chi connectivity index (χ0v) is 8.54. The average molecular weight is 232 g/mol. The van der Waals surface area contributed by atoms with E-state index in [2.05, 4.69) is 20.7 Å². The number of hydrogen-bond donors (Lipinski definition) is 0. The molecule has 0 saturated carbocycles. The summed E-state index contributed by atoms with van der Waals surface area (Å²) in [5, 5.41) is 0. The summed E-state index contributed by atoms with van der Waals surface area (Å²) in [6.07, 6.45) is 1.83. The van der Waals surface area contributed by atoms with Gasteiger partial charge in [0.2, 0.25) is 0 Å². The Labute approximate surface area is 79.5 Å². The molecule has 1 aromatic heterocycles. The number of carbonyl (C=O) groups excluding carboxylic acids is 1. The van der Waals surface area contributed by atoms with Gasteiger partial charge in [0.05, 0.1) is 11.7 Å². The van der Waals surface area contributed by atoms with Gasteiger partial charge in [-0.25, -0.2) is 4.79 Å². The van der Waals surface area contributed by atoms with E-state index in [1.807, 2.05) is 18.3 Å². The zero-order chi connectivity index (χ0) is 9.14. The van der Waals surface area contributed by atoms with Crippen LogP contribution in [0.15, 0.2) is 22.9 Å². The van der Waals surface area contributed by atoms with E-state index < -0.39 is 0 Å². The van der Waals surface area contributed by atoms with Gasteiger partial charge in [-0.2, -0.15) is 0 Å². The average Bonchev–Trinajstić information content (AvgIpc) is 2.48. The molecule has 1 heterocycles. The normalized spacial score (nSPS) is 12.6. The van der Waals surface area contributed by atoms with Crippen molar-refractivity contribution in [1.82, 2.24) is 4.57 Å². The summed E-state index contributed by atoms with van der Waals surface area (Å²) in [5.41, 5.74) is 0. The molecule has 0 aliphatic carbocycles. The van der Waals surface area contributed by atoms with Crippen molar-refractivity contribution in [1.29, 1.82) is 0 Å². The van der Waals surface area contributed by atoms with Crippen LogP contribution < -0.4 is 0 Å². The lowest BCUT2D eigenvalue weighted by Gasteiger charge is -2.11. The van der Waals surface area contributed by atoms with E-state index in [1.54, 1.807) is 11.5 Å². The summed E-state index contributed by atoms with van der Waals surface area (Å²) >= 11 is 3.32. The van der Waals surface area contributed by atoms with Crippen LogP contribution in [0, 0.1) is 0 Å². The molecule has 0 amide bonds. The van der Waals surface area contributed by atoms with Gasteiger partial charge in [-0.15, -0.1) is 0 Å². The van der Waals surface area contributed by atoms with Crippen LogP contribution in [0.3, 0.4) is 0 Å². The first-order valence-corrected chi connectivity index (χ1v) is 4.36. The molecule has 12 heavy (non-hydrogen) atoms. The predicted molar refractivity (Wildman–Crippen MR) is 48.9 cm³/mol. The third-order valence-corrected chi connectivity index (χ3v) is 2.36. The van der Waals surface area contributed by atoms with Crippen molar-refractivity contribution < 1.29 is 9.53 Å². The molecule has 3 nitrogen and oxygen atoms in total. The van der Waals surface area contributed by atoms with Gasteiger partial charge in [-0.3, -0.25) is 0 Å². The van der Waals surface area contributed by atoms with Gasteiger partial charge < -0.3 is 9.30 Å². The highest BCUT2D eigenvalue weighted by atomic mass is 79.9. The minimum absolute atomic E-state index is 0.244. The second kappa shape index (κ2) is 3.76. The van der Waals surface area contributed by atoms with E-state index in [-0.39, 0.29) is 12.0 Å². The summed E-state index contributed by atoms with van der Waals surface area (Å²) < 4.78 is 7.28. The van der Waals surface area contributed by atoms with Gasteiger partial charge >= 0.3 is 5.97 Å². The zero-order valence-electron chi connectivity index (χ0n) is 6.95. The molecule has 1 aromatic rings. The second-order valence-electron chi connectivity index (χ2n) is 2.44. The molecule has 0 bridgehead atoms. The standard InChI is InChI=1S/C8H10BrNO2/c1-6(8(11)12-2)10-5-3-4-7(10)9/h3-6H,1-2H3/t6-/m1/s1. The molecule has 0 radical (unpaired) electrons. The molecular formula is C8H10BrNO2. The van der Waals surface area contributed by atoms with Crippen LogP contribution in [0.1, 0.15) is 13.0 Å². The molecule has 0 aromatic carbocycles. The van der Waals surface area contributed by atoms with E-state index in [0.29, 0.717) is 0 Å². The Kier molecular flexibility index (Phi) is 2.92. The van der Waals surface area contributed by atoms with Crippen LogP contribution >= 0.6 is 15.9 Å². The number of carbonyl (C=O) groups is 1. The summed E-state index contributed by atoms with van der Waals surface area (Å²) in [5.74, 6) is -0.244. The van der Waals surface area contributed by atoms with Gasteiger partial charge in [0.1, 0.15) is 6.04 Å². The van der Waals surface area contributed by atoms with Crippen LogP contribution in [0.25, 0.3) is 0 Å². The van der Waals surface area contributed by atoms with Crippen molar-refractivity contribution in [2.45, 2.75) is 13.0 Å². The molecule has 0 fully saturated rings. The number of methoxy groups -OCH3 is 1. The Morgan fingerprint density at radius 1 is 1.75 bits per heavy atom. The van der Waals surface area contributed by atoms with Gasteiger partial charge in [0, 0.05) is 6.20 Å². The first kappa shape index (κ1) is 9.32. The summed E-state index contributed by atoms with van der Waals surface area (Å²) in [6.45, 7) is 1.79. The number of nitrogens with zero attached hydrogens (tertiary/aromatic N) is 1. The Morgan fingerprint density at radius 3 is 2.83 bits per heavy atom. The number of aromatic nitrogens is 1. The van der Waals surface area contributed by atoms with Crippen molar-refractivity contribution in [2.75, 3.05) is 7.11 Å². The lowest BCUT2D eigenvalue weighted by atomic mass is 10.3. The smallest absolute Gasteiger partial charge is 0.328 e. The molecule has 1 rings (SSSR count). The third-order valence-electron chi connectivity index (χ3n) is 1.69. The van der Waals surface area contributed by atoms with Crippen LogP contribution in [-0.2, 0) is 9.53 Å². The maximum absolute atomic E-state index is 11.1. The summed E-state index contributed by atoms with van der Waals surface area (Å²) in [4.78, 5) is 11.1. The van der Waals surface area contributed by atoms with Gasteiger partial charge in [-0.1, -0.05) is 0 Å². The van der Waals surface area contributed by atoms with E-state index in [0.717, 1.165) is 4.60 Å². The Hall–Kier alpha value is -0.770. The minimum Gasteiger partial charge on any atom is -0.467 e. The van der Waals surface area contributed by atoms with Crippen LogP contribution in [0.4, 0.5) is 0 Å². The first-order chi connectivity index (χ1) is 5.66. The Bertz CT molecular complexity index is 282. The number of halogens is 1. The molecule has 0 spiro atoms. The highest BCUT2D eigenvalue weighted by molar-refractivity contribution is 9.10. The number of esters is 1. The van der Waals surface area contributed by atoms with E-state index >= 15 is 0 Å². The fraction of sp³-hybridized carbons (Fsp3) is 0.375. The first-order valence-electron chi connectivity index (χ1n) is 3.57. The fourth-order valence-electron chi connectivity index (χ4n) is 0.971. The van der Waals surface area contributed by atoms with Crippen molar-refractivity contribution in [2.24, 2.45) is 0 Å². The van der Waals surface area contributed by atoms with Crippen molar-refractivity contribution in [3.63, 3.8) is 0 Å². The number of ether oxygens (including phenoxy) is 1. The Balaban J connectivity index is 2.84. The largest absolute Gasteiger partial charge is 0.467 e. The lowest BCUT2D eigenvalue weighted by molar-refractivity contribution is -0.144. The second-order valence-corrected chi connectivity index (χ2v) is 3.25. The summed E-state index contributed by atoms with van der Waals surface area (Å²) in [6, 6.07) is 3.46.